The van der Waals surface area contributed by atoms with Crippen LogP contribution in [-0.4, -0.2) is 57.1 Å². The number of ether oxygens (including phenoxy) is 1. The van der Waals surface area contributed by atoms with Crippen LogP contribution in [0.2, 0.25) is 10.0 Å². The van der Waals surface area contributed by atoms with E-state index < -0.39 is 16.1 Å². The number of sulfonamides is 1. The Hall–Kier alpha value is -3.27. The molecule has 8 nitrogen and oxygen atoms in total. The number of hydrogen-bond donors (Lipinski definition) is 1. The minimum Gasteiger partial charge on any atom is -0.495 e. The van der Waals surface area contributed by atoms with Crippen molar-refractivity contribution < 1.29 is 22.7 Å². The molecule has 0 fully saturated rings. The van der Waals surface area contributed by atoms with E-state index >= 15 is 0 Å². The number of methoxy groups -OCH3 is 1. The van der Waals surface area contributed by atoms with E-state index in [2.05, 4.69) is 5.32 Å². The number of benzene rings is 3. The maximum atomic E-state index is 13.9. The van der Waals surface area contributed by atoms with Crippen molar-refractivity contribution in [3.8, 4) is 5.75 Å². The van der Waals surface area contributed by atoms with Gasteiger partial charge < -0.3 is 15.0 Å². The smallest absolute Gasteiger partial charge is 0.243 e. The predicted molar refractivity (Wildman–Crippen MR) is 169 cm³/mol. The molecule has 3 rings (SSSR count). The van der Waals surface area contributed by atoms with Crippen LogP contribution >= 0.6 is 23.2 Å². The topological polar surface area (TPSA) is 96.0 Å². The van der Waals surface area contributed by atoms with Crippen LogP contribution in [0.1, 0.15) is 37.8 Å². The summed E-state index contributed by atoms with van der Waals surface area (Å²) in [7, 11) is -2.21. The van der Waals surface area contributed by atoms with Crippen LogP contribution in [0.25, 0.3) is 0 Å². The standard InChI is InChI=1S/C31H37Cl2N3O5S/c1-22(2)34-31(38)28(19-23-11-6-5-7-12-23)35(21-24-13-8-9-14-26(24)32)30(37)15-10-18-36(42(4,39)40)25-16-17-29(41-3)27(33)20-25/h5-9,11-14,16-17,20,22,28H,10,15,18-19,21H2,1-4H3,(H,34,38)/t28-/m0/s1. The average molecular weight is 635 g/mol. The van der Waals surface area contributed by atoms with Gasteiger partial charge in [0.2, 0.25) is 21.8 Å². The van der Waals surface area contributed by atoms with Crippen LogP contribution in [0.3, 0.4) is 0 Å². The number of carbonyl (C=O) groups is 2. The summed E-state index contributed by atoms with van der Waals surface area (Å²) >= 11 is 12.7. The van der Waals surface area contributed by atoms with Gasteiger partial charge in [-0.1, -0.05) is 71.7 Å². The first kappa shape index (κ1) is 33.2. The van der Waals surface area contributed by atoms with Gasteiger partial charge in [-0.25, -0.2) is 8.42 Å². The molecule has 226 valence electrons. The minimum absolute atomic E-state index is 0.000603. The molecule has 0 saturated heterocycles. The number of hydrogen-bond acceptors (Lipinski definition) is 5. The van der Waals surface area contributed by atoms with Crippen LogP contribution in [0, 0.1) is 0 Å². The fraction of sp³-hybridized carbons (Fsp3) is 0.355. The largest absolute Gasteiger partial charge is 0.495 e. The molecular formula is C31H37Cl2N3O5S. The number of nitrogens with one attached hydrogen (secondary N) is 1. The normalized spacial score (nSPS) is 12.1. The molecule has 0 aliphatic carbocycles. The zero-order valence-corrected chi connectivity index (χ0v) is 26.5. The zero-order valence-electron chi connectivity index (χ0n) is 24.2. The quantitative estimate of drug-likeness (QED) is 0.245. The predicted octanol–water partition coefficient (Wildman–Crippen LogP) is 5.71. The molecule has 0 saturated carbocycles. The molecule has 0 bridgehead atoms. The second-order valence-electron chi connectivity index (χ2n) is 10.2. The molecule has 3 aromatic rings. The van der Waals surface area contributed by atoms with Crippen molar-refractivity contribution in [2.75, 3.05) is 24.2 Å². The molecule has 0 unspecified atom stereocenters. The van der Waals surface area contributed by atoms with Gasteiger partial charge in [-0.05, 0) is 55.7 Å². The van der Waals surface area contributed by atoms with Gasteiger partial charge in [-0.2, -0.15) is 0 Å². The lowest BCUT2D eigenvalue weighted by molar-refractivity contribution is -0.141. The van der Waals surface area contributed by atoms with Crippen LogP contribution in [0.4, 0.5) is 5.69 Å². The highest BCUT2D eigenvalue weighted by atomic mass is 35.5. The van der Waals surface area contributed by atoms with Crippen LogP contribution in [0.15, 0.2) is 72.8 Å². The van der Waals surface area contributed by atoms with E-state index in [0.29, 0.717) is 28.4 Å². The molecular weight excluding hydrogens is 597 g/mol. The molecule has 42 heavy (non-hydrogen) atoms. The second-order valence-corrected chi connectivity index (χ2v) is 13.0. The summed E-state index contributed by atoms with van der Waals surface area (Å²) in [4.78, 5) is 28.9. The van der Waals surface area contributed by atoms with E-state index in [9.17, 15) is 18.0 Å². The summed E-state index contributed by atoms with van der Waals surface area (Å²) < 4.78 is 31.7. The van der Waals surface area contributed by atoms with E-state index in [4.69, 9.17) is 27.9 Å². The first-order valence-corrected chi connectivity index (χ1v) is 16.2. The Morgan fingerprint density at radius 2 is 1.62 bits per heavy atom. The highest BCUT2D eigenvalue weighted by molar-refractivity contribution is 7.92. The number of amides is 2. The number of halogens is 2. The molecule has 0 aliphatic heterocycles. The molecule has 1 N–H and O–H groups in total. The summed E-state index contributed by atoms with van der Waals surface area (Å²) in [6.07, 6.45) is 1.61. The van der Waals surface area contributed by atoms with Gasteiger partial charge in [0.05, 0.1) is 24.1 Å². The number of anilines is 1. The van der Waals surface area contributed by atoms with Gasteiger partial charge in [0.15, 0.2) is 0 Å². The Kier molecular flexibility index (Phi) is 12.1. The van der Waals surface area contributed by atoms with Gasteiger partial charge in [0, 0.05) is 37.0 Å². The first-order chi connectivity index (χ1) is 19.9. The summed E-state index contributed by atoms with van der Waals surface area (Å²) in [6.45, 7) is 3.88. The third kappa shape index (κ3) is 9.37. The summed E-state index contributed by atoms with van der Waals surface area (Å²) in [6, 6.07) is 20.4. The summed E-state index contributed by atoms with van der Waals surface area (Å²) in [5.74, 6) is -0.153. The zero-order chi connectivity index (χ0) is 30.9. The van der Waals surface area contributed by atoms with Gasteiger partial charge in [0.25, 0.3) is 0 Å². The monoisotopic (exact) mass is 633 g/mol. The van der Waals surface area contributed by atoms with Gasteiger partial charge in [-0.3, -0.25) is 13.9 Å². The van der Waals surface area contributed by atoms with Crippen LogP contribution in [0.5, 0.6) is 5.75 Å². The molecule has 0 heterocycles. The Labute approximate surface area is 258 Å². The highest BCUT2D eigenvalue weighted by Crippen LogP contribution is 2.30. The molecule has 11 heteroatoms. The maximum Gasteiger partial charge on any atom is 0.243 e. The average Bonchev–Trinajstić information content (AvgIpc) is 2.93. The lowest BCUT2D eigenvalue weighted by Crippen LogP contribution is -2.51. The molecule has 0 radical (unpaired) electrons. The SMILES string of the molecule is COc1ccc(N(CCCC(=O)N(Cc2ccccc2Cl)[C@@H](Cc2ccccc2)C(=O)NC(C)C)S(C)(=O)=O)cc1Cl. The van der Waals surface area contributed by atoms with Gasteiger partial charge >= 0.3 is 0 Å². The van der Waals surface area contributed by atoms with Crippen molar-refractivity contribution in [1.29, 1.82) is 0 Å². The fourth-order valence-electron chi connectivity index (χ4n) is 4.56. The van der Waals surface area contributed by atoms with E-state index in [1.54, 1.807) is 29.2 Å². The number of nitrogens with zero attached hydrogens (tertiary/aromatic N) is 2. The second kappa shape index (κ2) is 15.3. The lowest BCUT2D eigenvalue weighted by Gasteiger charge is -2.32. The maximum absolute atomic E-state index is 13.9. The van der Waals surface area contributed by atoms with Crippen LogP contribution in [-0.2, 0) is 32.6 Å². The molecule has 0 aromatic heterocycles. The van der Waals surface area contributed by atoms with E-state index in [1.807, 2.05) is 56.3 Å². The van der Waals surface area contributed by atoms with Crippen molar-refractivity contribution in [2.24, 2.45) is 0 Å². The van der Waals surface area contributed by atoms with Crippen molar-refractivity contribution in [2.45, 2.75) is 51.7 Å². The molecule has 0 aliphatic rings. The van der Waals surface area contributed by atoms with Gasteiger partial charge in [0.1, 0.15) is 11.8 Å². The van der Waals surface area contributed by atoms with Crippen molar-refractivity contribution in [3.05, 3.63) is 94.0 Å². The molecule has 3 aromatic carbocycles. The Balaban J connectivity index is 1.89. The van der Waals surface area contributed by atoms with Crippen LogP contribution < -0.4 is 14.4 Å². The Bertz CT molecular complexity index is 1470. The number of carbonyl (C=O) groups excluding carboxylic acids is 2. The van der Waals surface area contributed by atoms with Crippen molar-refractivity contribution in [3.63, 3.8) is 0 Å². The van der Waals surface area contributed by atoms with Gasteiger partial charge in [-0.15, -0.1) is 0 Å². The Morgan fingerprint density at radius 1 is 0.952 bits per heavy atom. The fourth-order valence-corrected chi connectivity index (χ4v) is 5.96. The van der Waals surface area contributed by atoms with E-state index in [-0.39, 0.29) is 48.8 Å². The van der Waals surface area contributed by atoms with E-state index in [1.165, 1.54) is 17.5 Å². The summed E-state index contributed by atoms with van der Waals surface area (Å²) in [5, 5.41) is 3.71. The molecule has 2 amide bonds. The number of rotatable bonds is 14. The Morgan fingerprint density at radius 3 is 2.21 bits per heavy atom. The molecule has 1 atom stereocenters. The highest BCUT2D eigenvalue weighted by Gasteiger charge is 2.31. The third-order valence-corrected chi connectivity index (χ3v) is 8.43. The van der Waals surface area contributed by atoms with Crippen molar-refractivity contribution >= 4 is 50.7 Å². The van der Waals surface area contributed by atoms with E-state index in [0.717, 1.165) is 11.8 Å². The summed E-state index contributed by atoms with van der Waals surface area (Å²) in [5.41, 5.74) is 1.97. The first-order valence-electron chi connectivity index (χ1n) is 13.6. The third-order valence-electron chi connectivity index (χ3n) is 6.58. The van der Waals surface area contributed by atoms with Crippen molar-refractivity contribution in [1.82, 2.24) is 10.2 Å². The minimum atomic E-state index is -3.68. The molecule has 0 spiro atoms. The lowest BCUT2D eigenvalue weighted by atomic mass is 10.0.